The fourth-order valence-corrected chi connectivity index (χ4v) is 3.55. The number of carbonyl (C=O) groups excluding carboxylic acids is 1. The first-order valence-electron chi connectivity index (χ1n) is 8.89. The highest BCUT2D eigenvalue weighted by Gasteiger charge is 2.13. The van der Waals surface area contributed by atoms with Crippen LogP contribution in [0.3, 0.4) is 0 Å². The van der Waals surface area contributed by atoms with Crippen LogP contribution in [0.1, 0.15) is 21.6 Å². The molecule has 8 nitrogen and oxygen atoms in total. The molecule has 0 atom stereocenters. The van der Waals surface area contributed by atoms with Crippen LogP contribution in [-0.4, -0.2) is 30.8 Å². The highest BCUT2D eigenvalue weighted by atomic mass is 32.2. The smallest absolute Gasteiger partial charge is 0.271 e. The summed E-state index contributed by atoms with van der Waals surface area (Å²) in [5.41, 5.74) is 7.67. The number of nitrogens with two attached hydrogens (primary N) is 1. The van der Waals surface area contributed by atoms with Gasteiger partial charge in [0.15, 0.2) is 21.3 Å². The number of hydrogen-bond donors (Lipinski definition) is 3. The van der Waals surface area contributed by atoms with Crippen molar-refractivity contribution in [3.05, 3.63) is 77.2 Å². The van der Waals surface area contributed by atoms with Gasteiger partial charge >= 0.3 is 0 Å². The van der Waals surface area contributed by atoms with Crippen LogP contribution in [0.2, 0.25) is 0 Å². The SMILES string of the molecule is CS(=O)(=O)Cc1ccc(Nc2cc(NCc3cccc(F)c3)c(C(N)=O)nn2)cc1. The number of anilines is 3. The zero-order valence-corrected chi connectivity index (χ0v) is 16.9. The summed E-state index contributed by atoms with van der Waals surface area (Å²) in [5.74, 6) is -0.813. The summed E-state index contributed by atoms with van der Waals surface area (Å²) >= 11 is 0. The van der Waals surface area contributed by atoms with Crippen LogP contribution in [0.25, 0.3) is 0 Å². The molecular weight excluding hydrogens is 409 g/mol. The third-order valence-corrected chi connectivity index (χ3v) is 4.91. The van der Waals surface area contributed by atoms with Gasteiger partial charge in [-0.2, -0.15) is 0 Å². The minimum Gasteiger partial charge on any atom is -0.379 e. The predicted molar refractivity (Wildman–Crippen MR) is 113 cm³/mol. The van der Waals surface area contributed by atoms with Crippen molar-refractivity contribution in [2.24, 2.45) is 5.73 Å². The van der Waals surface area contributed by atoms with Crippen LogP contribution in [0.15, 0.2) is 54.6 Å². The fourth-order valence-electron chi connectivity index (χ4n) is 2.75. The van der Waals surface area contributed by atoms with Gasteiger partial charge in [-0.1, -0.05) is 24.3 Å². The van der Waals surface area contributed by atoms with E-state index < -0.39 is 15.7 Å². The minimum atomic E-state index is -3.12. The number of halogens is 1. The number of nitrogens with one attached hydrogen (secondary N) is 2. The van der Waals surface area contributed by atoms with Crippen LogP contribution in [0.5, 0.6) is 0 Å². The summed E-state index contributed by atoms with van der Waals surface area (Å²) in [5, 5.41) is 13.9. The molecule has 0 spiro atoms. The molecule has 3 aromatic rings. The molecule has 1 aromatic heterocycles. The molecular formula is C20H20FN5O3S. The molecule has 1 amide bonds. The average Bonchev–Trinajstić information content (AvgIpc) is 2.67. The Morgan fingerprint density at radius 2 is 1.80 bits per heavy atom. The summed E-state index contributed by atoms with van der Waals surface area (Å²) in [6.45, 7) is 0.253. The molecule has 0 aliphatic rings. The van der Waals surface area contributed by atoms with Gasteiger partial charge in [-0.25, -0.2) is 12.8 Å². The van der Waals surface area contributed by atoms with Crippen molar-refractivity contribution in [1.82, 2.24) is 10.2 Å². The monoisotopic (exact) mass is 429 g/mol. The average molecular weight is 429 g/mol. The van der Waals surface area contributed by atoms with Gasteiger partial charge < -0.3 is 16.4 Å². The van der Waals surface area contributed by atoms with Gasteiger partial charge in [0.1, 0.15) is 5.82 Å². The largest absolute Gasteiger partial charge is 0.379 e. The van der Waals surface area contributed by atoms with Gasteiger partial charge in [0.05, 0.1) is 11.4 Å². The van der Waals surface area contributed by atoms with Crippen LogP contribution in [-0.2, 0) is 22.1 Å². The molecule has 30 heavy (non-hydrogen) atoms. The van der Waals surface area contributed by atoms with Crippen molar-refractivity contribution in [2.45, 2.75) is 12.3 Å². The third-order valence-electron chi connectivity index (χ3n) is 4.05. The van der Waals surface area contributed by atoms with Crippen molar-refractivity contribution in [2.75, 3.05) is 16.9 Å². The number of primary amides is 1. The number of amides is 1. The second-order valence-corrected chi connectivity index (χ2v) is 8.87. The lowest BCUT2D eigenvalue weighted by molar-refractivity contribution is 0.0995. The zero-order valence-electron chi connectivity index (χ0n) is 16.1. The molecule has 0 fully saturated rings. The van der Waals surface area contributed by atoms with Crippen molar-refractivity contribution < 1.29 is 17.6 Å². The molecule has 0 aliphatic carbocycles. The highest BCUT2D eigenvalue weighted by Crippen LogP contribution is 2.21. The molecule has 0 radical (unpaired) electrons. The highest BCUT2D eigenvalue weighted by molar-refractivity contribution is 7.89. The van der Waals surface area contributed by atoms with E-state index in [1.165, 1.54) is 18.4 Å². The van der Waals surface area contributed by atoms with Crippen molar-refractivity contribution in [3.63, 3.8) is 0 Å². The standard InChI is InChI=1S/C20H20FN5O3S/c1-30(28,29)12-13-5-7-16(8-6-13)24-18-10-17(19(20(22)27)26-25-18)23-11-14-3-2-4-15(21)9-14/h2-10H,11-12H2,1H3,(H2,22,27)(H2,23,24,25). The van der Waals surface area contributed by atoms with E-state index in [4.69, 9.17) is 5.73 Å². The first kappa shape index (κ1) is 21.2. The zero-order chi connectivity index (χ0) is 21.7. The summed E-state index contributed by atoms with van der Waals surface area (Å²) in [6, 6.07) is 14.4. The maximum Gasteiger partial charge on any atom is 0.271 e. The lowest BCUT2D eigenvalue weighted by Gasteiger charge is -2.12. The topological polar surface area (TPSA) is 127 Å². The maximum atomic E-state index is 13.4. The van der Waals surface area contributed by atoms with E-state index in [0.717, 1.165) is 0 Å². The Balaban J connectivity index is 1.77. The first-order chi connectivity index (χ1) is 14.2. The molecule has 0 aliphatic heterocycles. The molecule has 3 rings (SSSR count). The number of carbonyl (C=O) groups is 1. The first-order valence-corrected chi connectivity index (χ1v) is 11.0. The summed E-state index contributed by atoms with van der Waals surface area (Å²) in [6.07, 6.45) is 1.17. The summed E-state index contributed by atoms with van der Waals surface area (Å²) < 4.78 is 36.1. The van der Waals surface area contributed by atoms with E-state index in [1.807, 2.05) is 0 Å². The Morgan fingerprint density at radius 3 is 2.43 bits per heavy atom. The van der Waals surface area contributed by atoms with Gasteiger partial charge in [0.25, 0.3) is 5.91 Å². The van der Waals surface area contributed by atoms with Crippen molar-refractivity contribution in [1.29, 1.82) is 0 Å². The quantitative estimate of drug-likeness (QED) is 0.502. The third kappa shape index (κ3) is 5.98. The Bertz CT molecular complexity index is 1170. The Kier molecular flexibility index (Phi) is 6.26. The minimum absolute atomic E-state index is 0.0412. The van der Waals surface area contributed by atoms with Crippen molar-refractivity contribution >= 4 is 32.9 Å². The van der Waals surface area contributed by atoms with E-state index >= 15 is 0 Å². The molecule has 0 unspecified atom stereocenters. The van der Waals surface area contributed by atoms with Crippen molar-refractivity contribution in [3.8, 4) is 0 Å². The fraction of sp³-hybridized carbons (Fsp3) is 0.150. The van der Waals surface area contributed by atoms with E-state index in [1.54, 1.807) is 42.5 Å². The van der Waals surface area contributed by atoms with Gasteiger partial charge in [-0.05, 0) is 35.4 Å². The molecule has 10 heteroatoms. The number of sulfone groups is 1. The van der Waals surface area contributed by atoms with Gasteiger partial charge in [-0.3, -0.25) is 4.79 Å². The van der Waals surface area contributed by atoms with Gasteiger partial charge in [-0.15, -0.1) is 10.2 Å². The Morgan fingerprint density at radius 1 is 1.07 bits per heavy atom. The lowest BCUT2D eigenvalue weighted by atomic mass is 10.2. The van der Waals surface area contributed by atoms with Crippen LogP contribution in [0, 0.1) is 5.82 Å². The Labute approximate surface area is 173 Å². The molecule has 0 saturated carbocycles. The van der Waals surface area contributed by atoms with E-state index in [2.05, 4.69) is 20.8 Å². The number of benzene rings is 2. The number of aromatic nitrogens is 2. The molecule has 156 valence electrons. The van der Waals surface area contributed by atoms with Gasteiger partial charge in [0, 0.05) is 24.6 Å². The van der Waals surface area contributed by atoms with Crippen LogP contribution < -0.4 is 16.4 Å². The van der Waals surface area contributed by atoms with E-state index in [0.29, 0.717) is 28.3 Å². The van der Waals surface area contributed by atoms with E-state index in [9.17, 15) is 17.6 Å². The number of hydrogen-bond acceptors (Lipinski definition) is 7. The molecule has 4 N–H and O–H groups in total. The number of rotatable bonds is 8. The summed E-state index contributed by atoms with van der Waals surface area (Å²) in [4.78, 5) is 11.7. The maximum absolute atomic E-state index is 13.4. The molecule has 0 saturated heterocycles. The lowest BCUT2D eigenvalue weighted by Crippen LogP contribution is -2.17. The van der Waals surface area contributed by atoms with Gasteiger partial charge in [0.2, 0.25) is 0 Å². The molecule has 2 aromatic carbocycles. The Hall–Kier alpha value is -3.53. The van der Waals surface area contributed by atoms with E-state index in [-0.39, 0.29) is 23.8 Å². The predicted octanol–water partition coefficient (Wildman–Crippen LogP) is 2.61. The molecule has 0 bridgehead atoms. The second-order valence-electron chi connectivity index (χ2n) is 6.73. The normalized spacial score (nSPS) is 11.1. The van der Waals surface area contributed by atoms with Crippen LogP contribution >= 0.6 is 0 Å². The molecule has 1 heterocycles. The number of nitrogens with zero attached hydrogens (tertiary/aromatic N) is 2. The summed E-state index contributed by atoms with van der Waals surface area (Å²) in [7, 11) is -3.12. The van der Waals surface area contributed by atoms with Crippen LogP contribution in [0.4, 0.5) is 21.6 Å². The second kappa shape index (κ2) is 8.87.